The fraction of sp³-hybridized carbons (Fsp3) is 0.333. The lowest BCUT2D eigenvalue weighted by Gasteiger charge is -2.31. The summed E-state index contributed by atoms with van der Waals surface area (Å²) in [6.45, 7) is 2.07. The average Bonchev–Trinajstić information content (AvgIpc) is 2.68. The maximum Gasteiger partial charge on any atom is 0.242 e. The first kappa shape index (κ1) is 21.3. The standard InChI is InChI=1S/C21H24Cl2N2O2/c1-3-19(21(27)24-2)25(14-16-17(22)10-7-11-18(16)23)20(26)13-12-15-8-5-4-6-9-15/h4-11,19H,3,12-14H2,1-2H3,(H,24,27)/t19-/m0/s1. The summed E-state index contributed by atoms with van der Waals surface area (Å²) in [7, 11) is 1.57. The summed E-state index contributed by atoms with van der Waals surface area (Å²) in [6, 6.07) is 14.4. The van der Waals surface area contributed by atoms with Crippen LogP contribution in [0, 0.1) is 0 Å². The van der Waals surface area contributed by atoms with Crippen molar-refractivity contribution in [3.8, 4) is 0 Å². The van der Waals surface area contributed by atoms with Crippen LogP contribution in [-0.4, -0.2) is 29.8 Å². The highest BCUT2D eigenvalue weighted by molar-refractivity contribution is 6.36. The minimum absolute atomic E-state index is 0.106. The zero-order valence-electron chi connectivity index (χ0n) is 15.5. The molecule has 0 saturated heterocycles. The molecule has 2 amide bonds. The molecule has 2 aromatic carbocycles. The Hall–Kier alpha value is -2.04. The van der Waals surface area contributed by atoms with Crippen molar-refractivity contribution in [2.75, 3.05) is 7.05 Å². The van der Waals surface area contributed by atoms with Gasteiger partial charge < -0.3 is 10.2 Å². The third-order valence-electron chi connectivity index (χ3n) is 4.49. The number of halogens is 2. The summed E-state index contributed by atoms with van der Waals surface area (Å²) in [5.74, 6) is -0.306. The van der Waals surface area contributed by atoms with Gasteiger partial charge in [0.25, 0.3) is 0 Å². The number of nitrogens with zero attached hydrogens (tertiary/aromatic N) is 1. The number of carbonyl (C=O) groups is 2. The largest absolute Gasteiger partial charge is 0.357 e. The summed E-state index contributed by atoms with van der Waals surface area (Å²) in [4.78, 5) is 27.0. The Labute approximate surface area is 170 Å². The third kappa shape index (κ3) is 5.72. The number of amides is 2. The Morgan fingerprint density at radius 1 is 1.04 bits per heavy atom. The Balaban J connectivity index is 2.25. The molecule has 0 spiro atoms. The highest BCUT2D eigenvalue weighted by Gasteiger charge is 2.28. The summed E-state index contributed by atoms with van der Waals surface area (Å²) >= 11 is 12.6. The predicted molar refractivity (Wildman–Crippen MR) is 110 cm³/mol. The second kappa shape index (κ2) is 10.3. The molecule has 0 aliphatic carbocycles. The Bertz CT molecular complexity index is 761. The smallest absolute Gasteiger partial charge is 0.242 e. The van der Waals surface area contributed by atoms with Gasteiger partial charge in [-0.1, -0.05) is 66.5 Å². The van der Waals surface area contributed by atoms with E-state index in [1.54, 1.807) is 30.1 Å². The van der Waals surface area contributed by atoms with Crippen molar-refractivity contribution >= 4 is 35.0 Å². The molecule has 0 aliphatic rings. The fourth-order valence-corrected chi connectivity index (χ4v) is 3.50. The van der Waals surface area contributed by atoms with E-state index >= 15 is 0 Å². The zero-order chi connectivity index (χ0) is 19.8. The summed E-state index contributed by atoms with van der Waals surface area (Å²) < 4.78 is 0. The quantitative estimate of drug-likeness (QED) is 0.702. The molecule has 144 valence electrons. The number of hydrogen-bond donors (Lipinski definition) is 1. The van der Waals surface area contributed by atoms with Crippen LogP contribution in [0.4, 0.5) is 0 Å². The first-order valence-corrected chi connectivity index (χ1v) is 9.71. The minimum atomic E-state index is -0.578. The Morgan fingerprint density at radius 2 is 1.67 bits per heavy atom. The van der Waals surface area contributed by atoms with Crippen LogP contribution in [0.3, 0.4) is 0 Å². The van der Waals surface area contributed by atoms with Crippen LogP contribution in [0.5, 0.6) is 0 Å². The second-order valence-electron chi connectivity index (χ2n) is 6.25. The summed E-state index contributed by atoms with van der Waals surface area (Å²) in [6.07, 6.45) is 1.41. The molecule has 0 unspecified atom stereocenters. The number of aryl methyl sites for hydroxylation is 1. The molecule has 2 aromatic rings. The maximum atomic E-state index is 13.0. The first-order valence-electron chi connectivity index (χ1n) is 8.95. The average molecular weight is 407 g/mol. The van der Waals surface area contributed by atoms with Crippen LogP contribution < -0.4 is 5.32 Å². The number of rotatable bonds is 8. The van der Waals surface area contributed by atoms with Gasteiger partial charge in [-0.15, -0.1) is 0 Å². The Kier molecular flexibility index (Phi) is 8.14. The van der Waals surface area contributed by atoms with Gasteiger partial charge in [0.1, 0.15) is 6.04 Å². The molecule has 0 bridgehead atoms. The fourth-order valence-electron chi connectivity index (χ4n) is 2.98. The molecular formula is C21H24Cl2N2O2. The van der Waals surface area contributed by atoms with E-state index in [1.165, 1.54) is 0 Å². The van der Waals surface area contributed by atoms with E-state index < -0.39 is 6.04 Å². The third-order valence-corrected chi connectivity index (χ3v) is 5.20. The highest BCUT2D eigenvalue weighted by atomic mass is 35.5. The lowest BCUT2D eigenvalue weighted by atomic mass is 10.1. The number of benzene rings is 2. The van der Waals surface area contributed by atoms with Crippen molar-refractivity contribution in [1.29, 1.82) is 0 Å². The molecule has 6 heteroatoms. The number of hydrogen-bond acceptors (Lipinski definition) is 2. The molecule has 1 atom stereocenters. The molecule has 4 nitrogen and oxygen atoms in total. The summed E-state index contributed by atoms with van der Waals surface area (Å²) in [5.41, 5.74) is 1.73. The predicted octanol–water partition coefficient (Wildman–Crippen LogP) is 4.48. The van der Waals surface area contributed by atoms with Gasteiger partial charge in [0, 0.05) is 35.6 Å². The number of carbonyl (C=O) groups excluding carboxylic acids is 2. The van der Waals surface area contributed by atoms with E-state index in [0.717, 1.165) is 5.56 Å². The van der Waals surface area contributed by atoms with Gasteiger partial charge >= 0.3 is 0 Å². The normalized spacial score (nSPS) is 11.7. The topological polar surface area (TPSA) is 49.4 Å². The monoisotopic (exact) mass is 406 g/mol. The van der Waals surface area contributed by atoms with Gasteiger partial charge in [0.15, 0.2) is 0 Å². The lowest BCUT2D eigenvalue weighted by Crippen LogP contribution is -2.48. The molecule has 1 N–H and O–H groups in total. The van der Waals surface area contributed by atoms with Crippen LogP contribution in [0.2, 0.25) is 10.0 Å². The molecule has 27 heavy (non-hydrogen) atoms. The van der Waals surface area contributed by atoms with Crippen molar-refractivity contribution in [2.24, 2.45) is 0 Å². The van der Waals surface area contributed by atoms with Crippen molar-refractivity contribution in [2.45, 2.75) is 38.8 Å². The SMILES string of the molecule is CC[C@@H](C(=O)NC)N(Cc1c(Cl)cccc1Cl)C(=O)CCc1ccccc1. The second-order valence-corrected chi connectivity index (χ2v) is 7.06. The van der Waals surface area contributed by atoms with Crippen LogP contribution in [-0.2, 0) is 22.6 Å². The van der Waals surface area contributed by atoms with Crippen molar-refractivity contribution in [3.63, 3.8) is 0 Å². The van der Waals surface area contributed by atoms with Crippen molar-refractivity contribution in [1.82, 2.24) is 10.2 Å². The van der Waals surface area contributed by atoms with Gasteiger partial charge in [-0.05, 0) is 30.5 Å². The lowest BCUT2D eigenvalue weighted by molar-refractivity contribution is -0.141. The molecule has 0 aliphatic heterocycles. The van der Waals surface area contributed by atoms with E-state index in [2.05, 4.69) is 5.32 Å². The van der Waals surface area contributed by atoms with Gasteiger partial charge in [0.2, 0.25) is 11.8 Å². The van der Waals surface area contributed by atoms with Crippen LogP contribution in [0.1, 0.15) is 30.9 Å². The van der Waals surface area contributed by atoms with Crippen molar-refractivity contribution in [3.05, 3.63) is 69.7 Å². The van der Waals surface area contributed by atoms with Gasteiger partial charge in [-0.3, -0.25) is 9.59 Å². The zero-order valence-corrected chi connectivity index (χ0v) is 17.1. The molecule has 0 radical (unpaired) electrons. The summed E-state index contributed by atoms with van der Waals surface area (Å²) in [5, 5.41) is 3.60. The van der Waals surface area contributed by atoms with Crippen LogP contribution in [0.15, 0.2) is 48.5 Å². The van der Waals surface area contributed by atoms with Crippen LogP contribution >= 0.6 is 23.2 Å². The molecule has 2 rings (SSSR count). The van der Waals surface area contributed by atoms with Crippen molar-refractivity contribution < 1.29 is 9.59 Å². The van der Waals surface area contributed by atoms with E-state index in [-0.39, 0.29) is 18.4 Å². The maximum absolute atomic E-state index is 13.0. The molecule has 0 saturated carbocycles. The number of likely N-dealkylation sites (N-methyl/N-ethyl adjacent to an activating group) is 1. The Morgan fingerprint density at radius 3 is 2.22 bits per heavy atom. The highest BCUT2D eigenvalue weighted by Crippen LogP contribution is 2.27. The molecule has 0 fully saturated rings. The number of nitrogens with one attached hydrogen (secondary N) is 1. The molecule has 0 aromatic heterocycles. The first-order chi connectivity index (χ1) is 13.0. The van der Waals surface area contributed by atoms with E-state index in [0.29, 0.717) is 34.9 Å². The van der Waals surface area contributed by atoms with Gasteiger partial charge in [-0.2, -0.15) is 0 Å². The molecule has 0 heterocycles. The van der Waals surface area contributed by atoms with E-state index in [1.807, 2.05) is 37.3 Å². The minimum Gasteiger partial charge on any atom is -0.357 e. The van der Waals surface area contributed by atoms with E-state index in [9.17, 15) is 9.59 Å². The van der Waals surface area contributed by atoms with Gasteiger partial charge in [-0.25, -0.2) is 0 Å². The van der Waals surface area contributed by atoms with Gasteiger partial charge in [0.05, 0.1) is 0 Å². The molecular weight excluding hydrogens is 383 g/mol. The van der Waals surface area contributed by atoms with E-state index in [4.69, 9.17) is 23.2 Å². The van der Waals surface area contributed by atoms with Crippen LogP contribution in [0.25, 0.3) is 0 Å².